The molecule has 142 valence electrons. The first kappa shape index (κ1) is 16.3. The van der Waals surface area contributed by atoms with E-state index in [9.17, 15) is 10.2 Å². The molecule has 1 aromatic heterocycles. The summed E-state index contributed by atoms with van der Waals surface area (Å²) >= 11 is 0. The predicted octanol–water partition coefficient (Wildman–Crippen LogP) is 3.93. The van der Waals surface area contributed by atoms with E-state index in [4.69, 9.17) is 0 Å². The van der Waals surface area contributed by atoms with Crippen molar-refractivity contribution in [1.29, 1.82) is 0 Å². The van der Waals surface area contributed by atoms with E-state index in [1.807, 2.05) is 12.5 Å². The summed E-state index contributed by atoms with van der Waals surface area (Å²) in [5.41, 5.74) is 3.21. The van der Waals surface area contributed by atoms with E-state index in [1.54, 1.807) is 0 Å². The topological polar surface area (TPSA) is 58.3 Å². The lowest BCUT2D eigenvalue weighted by molar-refractivity contribution is -0.224. The summed E-state index contributed by atoms with van der Waals surface area (Å²) in [6, 6.07) is 8.65. The third-order valence-electron chi connectivity index (χ3n) is 8.11. The molecule has 0 saturated heterocycles. The largest absolute Gasteiger partial charge is 0.392 e. The summed E-state index contributed by atoms with van der Waals surface area (Å²) in [6.45, 7) is 2.34. The summed E-state index contributed by atoms with van der Waals surface area (Å²) in [5, 5.41) is 22.7. The molecule has 1 aromatic carbocycles. The van der Waals surface area contributed by atoms with Gasteiger partial charge >= 0.3 is 0 Å². The quantitative estimate of drug-likeness (QED) is 0.868. The number of aliphatic hydroxyl groups is 2. The van der Waals surface area contributed by atoms with Crippen LogP contribution in [0.1, 0.15) is 63.5 Å². The van der Waals surface area contributed by atoms with Crippen LogP contribution in [0.5, 0.6) is 0 Å². The number of rotatable bonds is 3. The Kier molecular flexibility index (Phi) is 3.04. The van der Waals surface area contributed by atoms with Gasteiger partial charge in [0.05, 0.1) is 36.0 Å². The second kappa shape index (κ2) is 5.03. The maximum Gasteiger partial charge on any atom is 0.0956 e. The molecule has 4 aliphatic carbocycles. The van der Waals surface area contributed by atoms with Crippen molar-refractivity contribution >= 4 is 0 Å². The lowest BCUT2D eigenvalue weighted by Gasteiger charge is -2.65. The minimum atomic E-state index is -0.553. The van der Waals surface area contributed by atoms with Crippen LogP contribution in [-0.4, -0.2) is 31.5 Å². The van der Waals surface area contributed by atoms with Crippen LogP contribution in [0.25, 0.3) is 11.3 Å². The van der Waals surface area contributed by atoms with Crippen molar-refractivity contribution in [2.24, 2.45) is 16.7 Å². The number of imidazole rings is 1. The van der Waals surface area contributed by atoms with Crippen molar-refractivity contribution in [1.82, 2.24) is 9.55 Å². The van der Waals surface area contributed by atoms with Crippen molar-refractivity contribution in [3.63, 3.8) is 0 Å². The van der Waals surface area contributed by atoms with E-state index in [0.29, 0.717) is 12.3 Å². The molecule has 2 aromatic rings. The lowest BCUT2D eigenvalue weighted by atomic mass is 9.42. The molecule has 7 rings (SSSR count). The minimum Gasteiger partial charge on any atom is -0.392 e. The molecule has 27 heavy (non-hydrogen) atoms. The monoisotopic (exact) mass is 364 g/mol. The summed E-state index contributed by atoms with van der Waals surface area (Å²) in [5.74, 6) is 0.575. The highest BCUT2D eigenvalue weighted by Crippen LogP contribution is 2.68. The molecule has 4 fully saturated rings. The zero-order chi connectivity index (χ0) is 18.4. The third kappa shape index (κ3) is 2.20. The first-order chi connectivity index (χ1) is 12.9. The molecule has 4 bridgehead atoms. The van der Waals surface area contributed by atoms with Gasteiger partial charge in [-0.25, -0.2) is 4.98 Å². The predicted molar refractivity (Wildman–Crippen MR) is 103 cm³/mol. The fourth-order valence-electron chi connectivity index (χ4n) is 7.95. The number of hydrogen-bond acceptors (Lipinski definition) is 3. The highest BCUT2D eigenvalue weighted by molar-refractivity contribution is 5.68. The van der Waals surface area contributed by atoms with Gasteiger partial charge in [0.15, 0.2) is 0 Å². The summed E-state index contributed by atoms with van der Waals surface area (Å²) in [7, 11) is 0. The highest BCUT2D eigenvalue weighted by Gasteiger charge is 2.63. The van der Waals surface area contributed by atoms with E-state index >= 15 is 0 Å². The van der Waals surface area contributed by atoms with Crippen molar-refractivity contribution in [2.45, 2.75) is 69.6 Å². The third-order valence-corrected chi connectivity index (χ3v) is 8.11. The van der Waals surface area contributed by atoms with E-state index in [0.717, 1.165) is 37.8 Å². The van der Waals surface area contributed by atoms with Gasteiger partial charge in [0.2, 0.25) is 0 Å². The normalized spacial score (nSPS) is 42.2. The Labute approximate surface area is 160 Å². The maximum absolute atomic E-state index is 11.5. The Morgan fingerprint density at radius 3 is 2.85 bits per heavy atom. The van der Waals surface area contributed by atoms with Crippen LogP contribution in [0.15, 0.2) is 36.8 Å². The smallest absolute Gasteiger partial charge is 0.0956 e. The van der Waals surface area contributed by atoms with Crippen LogP contribution in [0, 0.1) is 16.7 Å². The van der Waals surface area contributed by atoms with Gasteiger partial charge in [0.25, 0.3) is 0 Å². The van der Waals surface area contributed by atoms with Gasteiger partial charge in [-0.2, -0.15) is 0 Å². The fourth-order valence-corrected chi connectivity index (χ4v) is 7.95. The molecule has 0 radical (unpaired) electrons. The van der Waals surface area contributed by atoms with Crippen molar-refractivity contribution < 1.29 is 10.2 Å². The molecule has 2 N–H and O–H groups in total. The molecule has 6 unspecified atom stereocenters. The van der Waals surface area contributed by atoms with Crippen molar-refractivity contribution in [3.8, 4) is 11.3 Å². The van der Waals surface area contributed by atoms with Crippen molar-refractivity contribution in [2.75, 3.05) is 0 Å². The van der Waals surface area contributed by atoms with Crippen LogP contribution < -0.4 is 0 Å². The Morgan fingerprint density at radius 1 is 1.19 bits per heavy atom. The number of benzene rings is 1. The molecule has 4 heteroatoms. The first-order valence-corrected chi connectivity index (χ1v) is 10.4. The molecule has 5 aliphatic rings. The molecule has 0 spiro atoms. The molecular weight excluding hydrogens is 336 g/mol. The Morgan fingerprint density at radius 2 is 2.04 bits per heavy atom. The zero-order valence-corrected chi connectivity index (χ0v) is 15.9. The molecule has 1 aliphatic heterocycles. The fraction of sp³-hybridized carbons (Fsp3) is 0.609. The Hall–Kier alpha value is -1.65. The van der Waals surface area contributed by atoms with Crippen LogP contribution >= 0.6 is 0 Å². The molecular formula is C23H28N2O2. The standard InChI is InChI=1S/C23H28N2O2/c1-21-7-15-8-22(11-21,13-23(27,9-15)12-21)20(26)6-18-16-4-2-3-5-17(16)19-10-24-14-25(18)19/h2-5,10,14-15,18,20,26-27H,6-9,11-13H2,1H3. The Bertz CT molecular complexity index is 901. The van der Waals surface area contributed by atoms with Crippen LogP contribution in [0.4, 0.5) is 0 Å². The summed E-state index contributed by atoms with van der Waals surface area (Å²) < 4.78 is 2.23. The molecule has 2 heterocycles. The molecule has 4 nitrogen and oxygen atoms in total. The number of aromatic nitrogens is 2. The van der Waals surface area contributed by atoms with Crippen molar-refractivity contribution in [3.05, 3.63) is 42.4 Å². The second-order valence-corrected chi connectivity index (χ2v) is 10.4. The molecule has 6 atom stereocenters. The number of fused-ring (bicyclic) bond motifs is 3. The van der Waals surface area contributed by atoms with Crippen LogP contribution in [0.3, 0.4) is 0 Å². The van der Waals surface area contributed by atoms with E-state index in [-0.39, 0.29) is 16.9 Å². The molecule has 4 saturated carbocycles. The van der Waals surface area contributed by atoms with Gasteiger partial charge in [0.1, 0.15) is 0 Å². The number of aliphatic hydroxyl groups excluding tert-OH is 1. The number of nitrogens with zero attached hydrogens (tertiary/aromatic N) is 2. The average molecular weight is 364 g/mol. The van der Waals surface area contributed by atoms with Gasteiger partial charge in [-0.15, -0.1) is 0 Å². The van der Waals surface area contributed by atoms with Crippen LogP contribution in [0.2, 0.25) is 0 Å². The molecule has 0 amide bonds. The maximum atomic E-state index is 11.5. The van der Waals surface area contributed by atoms with Gasteiger partial charge in [0, 0.05) is 5.56 Å². The van der Waals surface area contributed by atoms with E-state index in [1.165, 1.54) is 17.5 Å². The van der Waals surface area contributed by atoms with E-state index < -0.39 is 11.7 Å². The Balaban J connectivity index is 1.35. The summed E-state index contributed by atoms with van der Waals surface area (Å²) in [6.07, 6.45) is 10.2. The van der Waals surface area contributed by atoms with Crippen LogP contribution in [-0.2, 0) is 0 Å². The second-order valence-electron chi connectivity index (χ2n) is 10.4. The van der Waals surface area contributed by atoms with Gasteiger partial charge in [-0.05, 0) is 67.3 Å². The summed E-state index contributed by atoms with van der Waals surface area (Å²) in [4.78, 5) is 4.36. The van der Waals surface area contributed by atoms with Gasteiger partial charge < -0.3 is 14.8 Å². The van der Waals surface area contributed by atoms with E-state index in [2.05, 4.69) is 40.7 Å². The lowest BCUT2D eigenvalue weighted by Crippen LogP contribution is -2.62. The SMILES string of the molecule is CC12CC3CC(O)(C1)CC(C(O)CC1c4ccccc4-c4cncn41)(C3)C2. The zero-order valence-electron chi connectivity index (χ0n) is 15.9. The van der Waals surface area contributed by atoms with Gasteiger partial charge in [-0.3, -0.25) is 0 Å². The van der Waals surface area contributed by atoms with Gasteiger partial charge in [-0.1, -0.05) is 31.2 Å². The highest BCUT2D eigenvalue weighted by atomic mass is 16.3. The first-order valence-electron chi connectivity index (χ1n) is 10.4. The number of hydrogen-bond donors (Lipinski definition) is 2. The minimum absolute atomic E-state index is 0.124. The average Bonchev–Trinajstić information content (AvgIpc) is 3.14.